The number of thiazole rings is 2. The first-order valence-electron chi connectivity index (χ1n) is 28.0. The lowest BCUT2D eigenvalue weighted by molar-refractivity contribution is -0.145. The maximum Gasteiger partial charge on any atom is 0.246 e. The molecule has 6 amide bonds. The van der Waals surface area contributed by atoms with Crippen LogP contribution in [0.4, 0.5) is 0 Å². The fraction of sp³-hybridized carbons (Fsp3) is 0.508. The summed E-state index contributed by atoms with van der Waals surface area (Å²) in [4.78, 5) is 101. The standard InChI is InChI=1S/C61H79N9O9S2/c1-37-51(80-34-64-37)42-17-10-40(11-18-42)30-62-56(74)48-28-45(71)32-69(48)59(77)54(61(6,7)8)67-55(73)44-24-26-68(27-25-44)36-79-47-29-49(57(75)63-31-41-12-19-43(20-13-41)52-38(2)65-35-81-52)70(33-47)58(76)53(60(3,4)5)66-50(72)23-16-39-14-21-46(78-9)22-15-39/h10-15,17-22,34-35,44-45,47-49,53-54,71H,16,23-33,36H2,1-9H3,(H,62,74)(H,63,75)(H,66,72)(H,67,73)/t45-,47-,48+,49+,53-,54-/m1/s1. The Hall–Kier alpha value is -6.58. The molecule has 3 fully saturated rings. The number of piperidine rings is 1. The van der Waals surface area contributed by atoms with Crippen molar-refractivity contribution in [1.29, 1.82) is 0 Å². The molecule has 3 aromatic carbocycles. The van der Waals surface area contributed by atoms with Gasteiger partial charge in [0.15, 0.2) is 0 Å². The summed E-state index contributed by atoms with van der Waals surface area (Å²) in [6.45, 7) is 17.1. The first-order chi connectivity index (χ1) is 38.6. The van der Waals surface area contributed by atoms with E-state index in [0.29, 0.717) is 32.4 Å². The van der Waals surface area contributed by atoms with Gasteiger partial charge in [-0.3, -0.25) is 33.7 Å². The molecule has 0 unspecified atom stereocenters. The smallest absolute Gasteiger partial charge is 0.246 e. The van der Waals surface area contributed by atoms with Gasteiger partial charge < -0.3 is 45.6 Å². The number of likely N-dealkylation sites (tertiary alicyclic amines) is 3. The van der Waals surface area contributed by atoms with Gasteiger partial charge in [-0.25, -0.2) is 9.97 Å². The number of hydrogen-bond acceptors (Lipinski definition) is 14. The predicted octanol–water partition coefficient (Wildman–Crippen LogP) is 6.80. The number of aryl methyl sites for hydroxylation is 3. The molecule has 81 heavy (non-hydrogen) atoms. The highest BCUT2D eigenvalue weighted by Gasteiger charge is 2.47. The molecule has 3 aliphatic rings. The number of nitrogens with zero attached hydrogens (tertiary/aromatic N) is 5. The Morgan fingerprint density at radius 1 is 0.654 bits per heavy atom. The predicted molar refractivity (Wildman–Crippen MR) is 313 cm³/mol. The van der Waals surface area contributed by atoms with E-state index in [4.69, 9.17) is 9.47 Å². The molecule has 18 nitrogen and oxygen atoms in total. The Kier molecular flexibility index (Phi) is 19.8. The van der Waals surface area contributed by atoms with Crippen molar-refractivity contribution in [2.24, 2.45) is 16.7 Å². The normalized spacial score (nSPS) is 19.7. The number of rotatable bonds is 20. The Bertz CT molecular complexity index is 2980. The Morgan fingerprint density at radius 3 is 1.62 bits per heavy atom. The Morgan fingerprint density at radius 2 is 1.14 bits per heavy atom. The number of methoxy groups -OCH3 is 1. The SMILES string of the molecule is COc1ccc(CCC(=O)N[C@H](C(=O)N2C[C@H](OCN3CCC(C(=O)N[C@H](C(=O)N4C[C@H](O)C[C@H]4C(=O)NCc4ccc(-c5scnc5C)cc4)C(C)(C)C)CC3)C[C@H]2C(=O)NCc2ccc(-c3scnc3C)cc2)C(C)(C)C)cc1. The number of aromatic nitrogens is 2. The van der Waals surface area contributed by atoms with Gasteiger partial charge in [0.1, 0.15) is 29.9 Å². The summed E-state index contributed by atoms with van der Waals surface area (Å²) in [6.07, 6.45) is 0.546. The van der Waals surface area contributed by atoms with Crippen LogP contribution in [0.3, 0.4) is 0 Å². The van der Waals surface area contributed by atoms with Crippen molar-refractivity contribution in [3.05, 3.63) is 112 Å². The zero-order chi connectivity index (χ0) is 58.2. The minimum Gasteiger partial charge on any atom is -0.497 e. The molecule has 0 bridgehead atoms. The molecular weight excluding hydrogens is 1070 g/mol. The highest BCUT2D eigenvalue weighted by Crippen LogP contribution is 2.32. The van der Waals surface area contributed by atoms with E-state index in [-0.39, 0.29) is 81.7 Å². The van der Waals surface area contributed by atoms with Gasteiger partial charge in [0.25, 0.3) is 0 Å². The van der Waals surface area contributed by atoms with Crippen molar-refractivity contribution < 1.29 is 43.3 Å². The van der Waals surface area contributed by atoms with Gasteiger partial charge in [-0.15, -0.1) is 22.7 Å². The molecular formula is C61H79N9O9S2. The number of β-amino-alcohol motifs (C(OH)–C–C–N with tert-alkyl or cyclic N) is 1. The van der Waals surface area contributed by atoms with E-state index in [9.17, 15) is 33.9 Å². The molecule has 0 saturated carbocycles. The van der Waals surface area contributed by atoms with E-state index >= 15 is 0 Å². The molecule has 0 radical (unpaired) electrons. The number of carbonyl (C=O) groups is 6. The Labute approximate surface area is 483 Å². The Balaban J connectivity index is 0.863. The van der Waals surface area contributed by atoms with Gasteiger partial charge in [-0.05, 0) is 83.9 Å². The topological polar surface area (TPSA) is 225 Å². The summed E-state index contributed by atoms with van der Waals surface area (Å²) >= 11 is 3.14. The number of nitrogens with one attached hydrogen (secondary N) is 4. The third-order valence-corrected chi connectivity index (χ3v) is 17.6. The molecule has 20 heteroatoms. The summed E-state index contributed by atoms with van der Waals surface area (Å²) in [6, 6.07) is 19.7. The van der Waals surface area contributed by atoms with E-state index < -0.39 is 59.0 Å². The number of ether oxygens (including phenoxy) is 2. The second-order valence-electron chi connectivity index (χ2n) is 23.8. The highest BCUT2D eigenvalue weighted by atomic mass is 32.1. The van der Waals surface area contributed by atoms with Crippen LogP contribution in [-0.2, 0) is 53.0 Å². The minimum absolute atomic E-state index is 0.0259. The molecule has 5 aromatic rings. The van der Waals surface area contributed by atoms with E-state index in [1.54, 1.807) is 34.7 Å². The van der Waals surface area contributed by atoms with Crippen LogP contribution in [0.5, 0.6) is 5.75 Å². The first kappa shape index (κ1) is 60.5. The van der Waals surface area contributed by atoms with Gasteiger partial charge in [-0.2, -0.15) is 0 Å². The van der Waals surface area contributed by atoms with Crippen molar-refractivity contribution in [2.45, 2.75) is 143 Å². The third kappa shape index (κ3) is 15.5. The number of amides is 6. The zero-order valence-electron chi connectivity index (χ0n) is 48.1. The number of hydrogen-bond donors (Lipinski definition) is 5. The molecule has 3 aliphatic heterocycles. The molecule has 0 aliphatic carbocycles. The minimum atomic E-state index is -0.961. The van der Waals surface area contributed by atoms with Gasteiger partial charge in [0.05, 0.1) is 58.2 Å². The van der Waals surface area contributed by atoms with E-state index in [1.165, 1.54) is 4.90 Å². The molecule has 2 aromatic heterocycles. The van der Waals surface area contributed by atoms with Crippen LogP contribution in [0.1, 0.15) is 102 Å². The molecule has 0 spiro atoms. The maximum atomic E-state index is 14.8. The summed E-state index contributed by atoms with van der Waals surface area (Å²) in [5, 5.41) is 22.9. The molecule has 3 saturated heterocycles. The van der Waals surface area contributed by atoms with Crippen molar-refractivity contribution in [2.75, 3.05) is 40.0 Å². The van der Waals surface area contributed by atoms with Crippen LogP contribution < -0.4 is 26.0 Å². The largest absolute Gasteiger partial charge is 0.497 e. The molecule has 5 N–H and O–H groups in total. The first-order valence-corrected chi connectivity index (χ1v) is 29.7. The molecule has 434 valence electrons. The van der Waals surface area contributed by atoms with Gasteiger partial charge >= 0.3 is 0 Å². The average molecular weight is 1150 g/mol. The quantitative estimate of drug-likeness (QED) is 0.0543. The van der Waals surface area contributed by atoms with Crippen LogP contribution in [0.2, 0.25) is 0 Å². The fourth-order valence-corrected chi connectivity index (χ4v) is 12.4. The maximum absolute atomic E-state index is 14.8. The number of aliphatic hydroxyl groups is 1. The van der Waals surface area contributed by atoms with Crippen molar-refractivity contribution in [3.63, 3.8) is 0 Å². The number of carbonyl (C=O) groups excluding carboxylic acids is 6. The van der Waals surface area contributed by atoms with Gasteiger partial charge in [0.2, 0.25) is 35.4 Å². The number of aliphatic hydroxyl groups excluding tert-OH is 1. The summed E-state index contributed by atoms with van der Waals surface area (Å²) in [7, 11) is 1.60. The lowest BCUT2D eigenvalue weighted by atomic mass is 9.84. The molecule has 6 atom stereocenters. The van der Waals surface area contributed by atoms with Crippen molar-refractivity contribution in [3.8, 4) is 26.6 Å². The fourth-order valence-electron chi connectivity index (χ4n) is 10.7. The van der Waals surface area contributed by atoms with Gasteiger partial charge in [-0.1, -0.05) is 102 Å². The number of benzene rings is 3. The van der Waals surface area contributed by atoms with E-state index in [2.05, 4.69) is 36.1 Å². The van der Waals surface area contributed by atoms with E-state index in [0.717, 1.165) is 54.7 Å². The van der Waals surface area contributed by atoms with Crippen LogP contribution >= 0.6 is 22.7 Å². The zero-order valence-corrected chi connectivity index (χ0v) is 49.7. The lowest BCUT2D eigenvalue weighted by Crippen LogP contribution is -2.58. The van der Waals surface area contributed by atoms with Crippen LogP contribution in [0, 0.1) is 30.6 Å². The summed E-state index contributed by atoms with van der Waals surface area (Å²) < 4.78 is 11.8. The van der Waals surface area contributed by atoms with Crippen molar-refractivity contribution in [1.82, 2.24) is 45.9 Å². The second-order valence-corrected chi connectivity index (χ2v) is 25.5. The van der Waals surface area contributed by atoms with Gasteiger partial charge in [0, 0.05) is 64.4 Å². The highest BCUT2D eigenvalue weighted by molar-refractivity contribution is 7.13. The van der Waals surface area contributed by atoms with Crippen LogP contribution in [0.15, 0.2) is 83.8 Å². The monoisotopic (exact) mass is 1150 g/mol. The third-order valence-electron chi connectivity index (χ3n) is 15.6. The summed E-state index contributed by atoms with van der Waals surface area (Å²) in [5.41, 5.74) is 8.94. The summed E-state index contributed by atoms with van der Waals surface area (Å²) in [5.74, 6) is -1.70. The van der Waals surface area contributed by atoms with Crippen LogP contribution in [0.25, 0.3) is 20.9 Å². The molecule has 8 rings (SSSR count). The van der Waals surface area contributed by atoms with Crippen molar-refractivity contribution >= 4 is 58.1 Å². The van der Waals surface area contributed by atoms with Crippen LogP contribution in [-0.4, -0.2) is 142 Å². The lowest BCUT2D eigenvalue weighted by Gasteiger charge is -2.37. The molecule has 5 heterocycles. The average Bonchev–Trinajstić information content (AvgIpc) is 4.29. The van der Waals surface area contributed by atoms with E-state index in [1.807, 2.05) is 139 Å². The second kappa shape index (κ2) is 26.6.